The summed E-state index contributed by atoms with van der Waals surface area (Å²) in [5.74, 6) is -0.434. The minimum atomic E-state index is -0.620. The number of fused-ring (bicyclic) bond motifs is 1. The molecule has 0 unspecified atom stereocenters. The maximum Gasteiger partial charge on any atom is 0.322 e. The first-order chi connectivity index (χ1) is 18.1. The molecule has 0 radical (unpaired) electrons. The average Bonchev–Trinajstić information content (AvgIpc) is 3.37. The summed E-state index contributed by atoms with van der Waals surface area (Å²) in [6.45, 7) is 7.05. The van der Waals surface area contributed by atoms with Gasteiger partial charge in [-0.25, -0.2) is 24.3 Å². The Kier molecular flexibility index (Phi) is 6.07. The van der Waals surface area contributed by atoms with Crippen molar-refractivity contribution in [2.45, 2.75) is 13.8 Å². The second-order valence-corrected chi connectivity index (χ2v) is 8.74. The first kappa shape index (κ1) is 24.6. The van der Waals surface area contributed by atoms with E-state index >= 15 is 4.39 Å². The van der Waals surface area contributed by atoms with E-state index in [2.05, 4.69) is 36.9 Å². The molecule has 0 bridgehead atoms. The number of ether oxygens (including phenoxy) is 1. The Balaban J connectivity index is 1.66. The van der Waals surface area contributed by atoms with Gasteiger partial charge in [-0.05, 0) is 37.6 Å². The molecule has 4 aromatic heterocycles. The van der Waals surface area contributed by atoms with Gasteiger partial charge >= 0.3 is 6.01 Å². The highest BCUT2D eigenvalue weighted by Crippen LogP contribution is 2.42. The van der Waals surface area contributed by atoms with Crippen molar-refractivity contribution < 1.29 is 13.9 Å². The maximum absolute atomic E-state index is 15.3. The highest BCUT2D eigenvalue weighted by molar-refractivity contribution is 6.08. The van der Waals surface area contributed by atoms with Crippen LogP contribution in [0.3, 0.4) is 0 Å². The fraction of sp³-hybridized carbons (Fsp3) is 0.154. The summed E-state index contributed by atoms with van der Waals surface area (Å²) in [5.41, 5.74) is 10.3. The van der Waals surface area contributed by atoms with Gasteiger partial charge in [-0.1, -0.05) is 12.6 Å². The SMILES string of the molecule is C=C(C)C(=O)Nc1cc(-c2c(-c3ccc(Oc4nccc(C)n4)c(F)c3)c3c(N)ncnc3n2C)n(C)n1. The molecular formula is C26H24FN9O2. The molecule has 0 aliphatic heterocycles. The number of aromatic nitrogens is 7. The molecule has 3 N–H and O–H groups in total. The number of hydrogen-bond donors (Lipinski definition) is 2. The zero-order valence-electron chi connectivity index (χ0n) is 21.2. The normalized spacial score (nSPS) is 11.1. The second-order valence-electron chi connectivity index (χ2n) is 8.74. The third-order valence-corrected chi connectivity index (χ3v) is 5.94. The lowest BCUT2D eigenvalue weighted by molar-refractivity contribution is -0.112. The van der Waals surface area contributed by atoms with E-state index < -0.39 is 5.82 Å². The zero-order chi connectivity index (χ0) is 27.1. The topological polar surface area (TPSA) is 139 Å². The number of nitrogen functional groups attached to an aromatic ring is 1. The van der Waals surface area contributed by atoms with Crippen LogP contribution in [0.25, 0.3) is 33.5 Å². The molecule has 1 amide bonds. The lowest BCUT2D eigenvalue weighted by atomic mass is 10.0. The number of amides is 1. The average molecular weight is 514 g/mol. The number of carbonyl (C=O) groups excluding carboxylic acids is 1. The highest BCUT2D eigenvalue weighted by Gasteiger charge is 2.25. The molecule has 0 aliphatic rings. The van der Waals surface area contributed by atoms with Crippen LogP contribution in [0.1, 0.15) is 12.6 Å². The van der Waals surface area contributed by atoms with E-state index in [1.165, 1.54) is 24.7 Å². The van der Waals surface area contributed by atoms with Crippen LogP contribution in [0.4, 0.5) is 16.0 Å². The van der Waals surface area contributed by atoms with Crippen molar-refractivity contribution in [2.75, 3.05) is 11.1 Å². The van der Waals surface area contributed by atoms with Crippen molar-refractivity contribution >= 4 is 28.6 Å². The van der Waals surface area contributed by atoms with E-state index in [4.69, 9.17) is 10.5 Å². The van der Waals surface area contributed by atoms with Gasteiger partial charge in [0.1, 0.15) is 17.8 Å². The van der Waals surface area contributed by atoms with Gasteiger partial charge in [0.15, 0.2) is 17.4 Å². The van der Waals surface area contributed by atoms with Crippen LogP contribution in [-0.2, 0) is 18.9 Å². The Bertz CT molecular complexity index is 1740. The molecule has 5 aromatic rings. The van der Waals surface area contributed by atoms with Crippen molar-refractivity contribution in [1.82, 2.24) is 34.3 Å². The van der Waals surface area contributed by atoms with Gasteiger partial charge in [0.25, 0.3) is 5.91 Å². The molecule has 0 saturated carbocycles. The summed E-state index contributed by atoms with van der Waals surface area (Å²) >= 11 is 0. The molecular weight excluding hydrogens is 489 g/mol. The van der Waals surface area contributed by atoms with Crippen LogP contribution in [0, 0.1) is 12.7 Å². The number of rotatable bonds is 6. The van der Waals surface area contributed by atoms with Gasteiger partial charge in [0, 0.05) is 43.2 Å². The molecule has 0 aliphatic carbocycles. The van der Waals surface area contributed by atoms with Crippen LogP contribution in [0.2, 0.25) is 0 Å². The summed E-state index contributed by atoms with van der Waals surface area (Å²) in [4.78, 5) is 28.9. The number of nitrogens with one attached hydrogen (secondary N) is 1. The van der Waals surface area contributed by atoms with E-state index in [9.17, 15) is 4.79 Å². The van der Waals surface area contributed by atoms with E-state index in [1.54, 1.807) is 43.8 Å². The van der Waals surface area contributed by atoms with Gasteiger partial charge in [0.2, 0.25) is 0 Å². The molecule has 5 rings (SSSR count). The number of carbonyl (C=O) groups is 1. The van der Waals surface area contributed by atoms with Crippen molar-refractivity contribution in [3.63, 3.8) is 0 Å². The quantitative estimate of drug-likeness (QED) is 0.323. The van der Waals surface area contributed by atoms with Crippen molar-refractivity contribution in [1.29, 1.82) is 0 Å². The molecule has 11 nitrogen and oxygen atoms in total. The lowest BCUT2D eigenvalue weighted by Crippen LogP contribution is -2.12. The molecule has 1 aromatic carbocycles. The van der Waals surface area contributed by atoms with Crippen LogP contribution < -0.4 is 15.8 Å². The largest absolute Gasteiger partial charge is 0.421 e. The minimum absolute atomic E-state index is 0.0318. The summed E-state index contributed by atoms with van der Waals surface area (Å²) in [6, 6.07) is 8.02. The first-order valence-corrected chi connectivity index (χ1v) is 11.5. The van der Waals surface area contributed by atoms with Gasteiger partial charge in [-0.15, -0.1) is 0 Å². The number of aryl methyl sites for hydroxylation is 3. The monoisotopic (exact) mass is 513 g/mol. The third kappa shape index (κ3) is 4.32. The molecule has 4 heterocycles. The first-order valence-electron chi connectivity index (χ1n) is 11.5. The zero-order valence-corrected chi connectivity index (χ0v) is 21.2. The predicted octanol–water partition coefficient (Wildman–Crippen LogP) is 4.16. The van der Waals surface area contributed by atoms with Crippen LogP contribution in [0.15, 0.2) is 55.0 Å². The fourth-order valence-corrected chi connectivity index (χ4v) is 4.14. The number of halogens is 1. The molecule has 0 saturated heterocycles. The van der Waals surface area contributed by atoms with E-state index in [-0.39, 0.29) is 23.5 Å². The summed E-state index contributed by atoms with van der Waals surface area (Å²) < 4.78 is 24.4. The summed E-state index contributed by atoms with van der Waals surface area (Å²) in [6.07, 6.45) is 2.91. The molecule has 0 fully saturated rings. The Hall–Kier alpha value is -5.13. The summed E-state index contributed by atoms with van der Waals surface area (Å²) in [5, 5.41) is 7.69. The van der Waals surface area contributed by atoms with E-state index in [0.717, 1.165) is 0 Å². The van der Waals surface area contributed by atoms with Crippen LogP contribution in [0.5, 0.6) is 11.8 Å². The van der Waals surface area contributed by atoms with Crippen LogP contribution in [-0.4, -0.2) is 40.2 Å². The smallest absolute Gasteiger partial charge is 0.322 e. The Morgan fingerprint density at radius 2 is 1.95 bits per heavy atom. The standard InChI is InChI=1S/C26H24FN9O2/c1-13(2)25(37)33-19-11-17(36(5)34-19)22-20(21-23(28)30-12-31-24(21)35(22)4)15-6-7-18(16(27)10-15)38-26-29-9-8-14(3)32-26/h6-12H,1H2,2-5H3,(H2,28,30,31)(H,33,34,37). The highest BCUT2D eigenvalue weighted by atomic mass is 19.1. The van der Waals surface area contributed by atoms with E-state index in [1.807, 2.05) is 11.6 Å². The Morgan fingerprint density at radius 1 is 1.16 bits per heavy atom. The lowest BCUT2D eigenvalue weighted by Gasteiger charge is -2.11. The number of benzene rings is 1. The Labute approximate surface area is 216 Å². The van der Waals surface area contributed by atoms with Crippen LogP contribution >= 0.6 is 0 Å². The number of anilines is 2. The number of nitrogens with two attached hydrogens (primary N) is 1. The third-order valence-electron chi connectivity index (χ3n) is 5.94. The molecule has 12 heteroatoms. The van der Waals surface area contributed by atoms with Gasteiger partial charge in [0.05, 0.1) is 16.8 Å². The number of hydrogen-bond acceptors (Lipinski definition) is 8. The number of nitrogens with zero attached hydrogens (tertiary/aromatic N) is 7. The van der Waals surface area contributed by atoms with Gasteiger partial charge in [-0.2, -0.15) is 5.10 Å². The summed E-state index contributed by atoms with van der Waals surface area (Å²) in [7, 11) is 3.55. The van der Waals surface area contributed by atoms with Crippen molar-refractivity contribution in [3.8, 4) is 34.3 Å². The van der Waals surface area contributed by atoms with E-state index in [0.29, 0.717) is 50.6 Å². The predicted molar refractivity (Wildman–Crippen MR) is 141 cm³/mol. The molecule has 192 valence electrons. The van der Waals surface area contributed by atoms with Gasteiger partial charge in [-0.3, -0.25) is 9.48 Å². The molecule has 0 spiro atoms. The second kappa shape index (κ2) is 9.39. The minimum Gasteiger partial charge on any atom is -0.421 e. The maximum atomic E-state index is 15.3. The van der Waals surface area contributed by atoms with Crippen molar-refractivity contribution in [3.05, 3.63) is 66.5 Å². The molecule has 38 heavy (non-hydrogen) atoms. The fourth-order valence-electron chi connectivity index (χ4n) is 4.14. The van der Waals surface area contributed by atoms with Gasteiger partial charge < -0.3 is 20.4 Å². The van der Waals surface area contributed by atoms with Crippen molar-refractivity contribution in [2.24, 2.45) is 14.1 Å². The Morgan fingerprint density at radius 3 is 2.66 bits per heavy atom. The molecule has 0 atom stereocenters.